The van der Waals surface area contributed by atoms with Gasteiger partial charge in [0.15, 0.2) is 5.82 Å². The molecule has 1 N–H and O–H groups in total. The number of thiophene rings is 1. The Labute approximate surface area is 119 Å². The minimum atomic E-state index is -0.331. The summed E-state index contributed by atoms with van der Waals surface area (Å²) < 4.78 is 15.4. The van der Waals surface area contributed by atoms with Crippen molar-refractivity contribution in [3.8, 4) is 5.69 Å². The quantitative estimate of drug-likeness (QED) is 0.800. The fourth-order valence-corrected chi connectivity index (χ4v) is 2.66. The van der Waals surface area contributed by atoms with Crippen LogP contribution in [0.25, 0.3) is 5.69 Å². The molecule has 0 unspecified atom stereocenters. The molecule has 0 saturated heterocycles. The number of nitrogens with one attached hydrogen (secondary N) is 1. The van der Waals surface area contributed by atoms with Crippen molar-refractivity contribution in [3.05, 3.63) is 58.6 Å². The summed E-state index contributed by atoms with van der Waals surface area (Å²) in [6, 6.07) is 7.07. The smallest absolute Gasteiger partial charge is 0.150 e. The van der Waals surface area contributed by atoms with E-state index in [4.69, 9.17) is 0 Å². The highest BCUT2D eigenvalue weighted by atomic mass is 32.1. The minimum Gasteiger partial charge on any atom is -0.381 e. The van der Waals surface area contributed by atoms with E-state index in [1.54, 1.807) is 17.4 Å². The van der Waals surface area contributed by atoms with E-state index in [1.807, 2.05) is 6.07 Å². The summed E-state index contributed by atoms with van der Waals surface area (Å²) >= 11 is 1.71. The predicted molar refractivity (Wildman–Crippen MR) is 77.7 cm³/mol. The van der Waals surface area contributed by atoms with E-state index in [-0.39, 0.29) is 5.82 Å². The molecule has 0 aliphatic rings. The van der Waals surface area contributed by atoms with Crippen LogP contribution in [-0.4, -0.2) is 14.8 Å². The minimum absolute atomic E-state index is 0.331. The molecule has 0 bridgehead atoms. The summed E-state index contributed by atoms with van der Waals surface area (Å²) in [5.41, 5.74) is 2.37. The van der Waals surface area contributed by atoms with Crippen molar-refractivity contribution in [3.63, 3.8) is 0 Å². The number of nitrogens with zero attached hydrogens (tertiary/aromatic N) is 3. The number of aromatic nitrogens is 3. The lowest BCUT2D eigenvalue weighted by atomic mass is 10.2. The van der Waals surface area contributed by atoms with Gasteiger partial charge in [0.05, 0.1) is 0 Å². The maximum atomic E-state index is 14.0. The van der Waals surface area contributed by atoms with Gasteiger partial charge in [-0.2, -0.15) is 5.10 Å². The van der Waals surface area contributed by atoms with E-state index in [1.165, 1.54) is 33.8 Å². The Balaban J connectivity index is 1.76. The van der Waals surface area contributed by atoms with Gasteiger partial charge >= 0.3 is 0 Å². The summed E-state index contributed by atoms with van der Waals surface area (Å²) in [5.74, 6) is -0.331. The largest absolute Gasteiger partial charge is 0.381 e. The van der Waals surface area contributed by atoms with Gasteiger partial charge in [0.2, 0.25) is 0 Å². The molecule has 3 aromatic rings. The second-order valence-electron chi connectivity index (χ2n) is 4.36. The highest BCUT2D eigenvalue weighted by molar-refractivity contribution is 7.10. The molecule has 1 aromatic carbocycles. The van der Waals surface area contributed by atoms with Crippen molar-refractivity contribution in [2.24, 2.45) is 0 Å². The molecule has 0 amide bonds. The van der Waals surface area contributed by atoms with Gasteiger partial charge in [-0.3, -0.25) is 0 Å². The third-order valence-corrected chi connectivity index (χ3v) is 3.95. The van der Waals surface area contributed by atoms with Crippen LogP contribution < -0.4 is 5.32 Å². The molecule has 0 saturated carbocycles. The van der Waals surface area contributed by atoms with Gasteiger partial charge < -0.3 is 5.32 Å². The van der Waals surface area contributed by atoms with E-state index in [2.05, 4.69) is 33.8 Å². The molecule has 0 aliphatic carbocycles. The van der Waals surface area contributed by atoms with E-state index in [0.29, 0.717) is 12.2 Å². The molecule has 6 heteroatoms. The van der Waals surface area contributed by atoms with E-state index < -0.39 is 0 Å². The molecule has 20 heavy (non-hydrogen) atoms. The monoisotopic (exact) mass is 288 g/mol. The molecule has 0 atom stereocenters. The Bertz CT molecular complexity index is 706. The summed E-state index contributed by atoms with van der Waals surface area (Å²) in [6.45, 7) is 2.77. The van der Waals surface area contributed by atoms with Gasteiger partial charge in [0, 0.05) is 17.1 Å². The first-order valence-corrected chi connectivity index (χ1v) is 7.03. The highest BCUT2D eigenvalue weighted by Gasteiger charge is 2.06. The molecule has 2 heterocycles. The average molecular weight is 288 g/mol. The lowest BCUT2D eigenvalue weighted by Gasteiger charge is -2.08. The van der Waals surface area contributed by atoms with E-state index in [0.717, 1.165) is 5.69 Å². The van der Waals surface area contributed by atoms with Crippen LogP contribution in [0.3, 0.4) is 0 Å². The Kier molecular flexibility index (Phi) is 3.47. The van der Waals surface area contributed by atoms with Crippen LogP contribution in [0.15, 0.2) is 42.3 Å². The number of halogens is 1. The van der Waals surface area contributed by atoms with Crippen molar-refractivity contribution >= 4 is 17.0 Å². The average Bonchev–Trinajstić information content (AvgIpc) is 3.08. The Morgan fingerprint density at radius 2 is 2.25 bits per heavy atom. The number of aryl methyl sites for hydroxylation is 1. The van der Waals surface area contributed by atoms with Crippen LogP contribution in [0.5, 0.6) is 0 Å². The standard InChI is InChI=1S/C14H13FN4S/c1-10-11(4-5-20-10)7-17-12-2-3-14(13(15)6-12)19-9-16-8-18-19/h2-6,8-9,17H,7H2,1H3. The van der Waals surface area contributed by atoms with Gasteiger partial charge in [-0.25, -0.2) is 14.1 Å². The molecule has 0 radical (unpaired) electrons. The van der Waals surface area contributed by atoms with Gasteiger partial charge in [0.1, 0.15) is 18.3 Å². The second kappa shape index (κ2) is 5.42. The zero-order valence-corrected chi connectivity index (χ0v) is 11.7. The topological polar surface area (TPSA) is 42.7 Å². The predicted octanol–water partition coefficient (Wildman–Crippen LogP) is 3.39. The van der Waals surface area contributed by atoms with Crippen molar-refractivity contribution < 1.29 is 4.39 Å². The second-order valence-corrected chi connectivity index (χ2v) is 5.48. The lowest BCUT2D eigenvalue weighted by Crippen LogP contribution is -2.02. The molecular weight excluding hydrogens is 275 g/mol. The SMILES string of the molecule is Cc1sccc1CNc1ccc(-n2cncn2)c(F)c1. The molecule has 3 rings (SSSR count). The molecule has 0 aliphatic heterocycles. The molecule has 2 aromatic heterocycles. The van der Waals surface area contributed by atoms with Crippen LogP contribution >= 0.6 is 11.3 Å². The van der Waals surface area contributed by atoms with Crippen molar-refractivity contribution in [2.75, 3.05) is 5.32 Å². The Morgan fingerprint density at radius 1 is 1.35 bits per heavy atom. The summed E-state index contributed by atoms with van der Waals surface area (Å²) in [4.78, 5) is 5.09. The van der Waals surface area contributed by atoms with Gasteiger partial charge in [-0.15, -0.1) is 11.3 Å². The maximum absolute atomic E-state index is 14.0. The number of hydrogen-bond acceptors (Lipinski definition) is 4. The number of rotatable bonds is 4. The number of benzene rings is 1. The zero-order chi connectivity index (χ0) is 13.9. The summed E-state index contributed by atoms with van der Waals surface area (Å²) in [6.07, 6.45) is 2.85. The molecule has 0 fully saturated rings. The lowest BCUT2D eigenvalue weighted by molar-refractivity contribution is 0.611. The van der Waals surface area contributed by atoms with Gasteiger partial charge in [0.25, 0.3) is 0 Å². The van der Waals surface area contributed by atoms with E-state index >= 15 is 0 Å². The number of anilines is 1. The first-order chi connectivity index (χ1) is 9.74. The van der Waals surface area contributed by atoms with Gasteiger partial charge in [-0.05, 0) is 42.1 Å². The Hall–Kier alpha value is -2.21. The third-order valence-electron chi connectivity index (χ3n) is 3.06. The zero-order valence-electron chi connectivity index (χ0n) is 10.9. The molecular formula is C14H13FN4S. The van der Waals surface area contributed by atoms with Crippen molar-refractivity contribution in [1.29, 1.82) is 0 Å². The first-order valence-electron chi connectivity index (χ1n) is 6.15. The van der Waals surface area contributed by atoms with Crippen molar-refractivity contribution in [2.45, 2.75) is 13.5 Å². The Morgan fingerprint density at radius 3 is 2.90 bits per heavy atom. The fourth-order valence-electron chi connectivity index (χ4n) is 1.93. The first kappa shape index (κ1) is 12.8. The van der Waals surface area contributed by atoms with Crippen LogP contribution in [0.4, 0.5) is 10.1 Å². The van der Waals surface area contributed by atoms with Gasteiger partial charge in [-0.1, -0.05) is 0 Å². The normalized spacial score (nSPS) is 10.7. The van der Waals surface area contributed by atoms with Crippen LogP contribution in [0, 0.1) is 12.7 Å². The fraction of sp³-hybridized carbons (Fsp3) is 0.143. The maximum Gasteiger partial charge on any atom is 0.150 e. The molecule has 0 spiro atoms. The third kappa shape index (κ3) is 2.55. The molecule has 102 valence electrons. The molecule has 4 nitrogen and oxygen atoms in total. The summed E-state index contributed by atoms with van der Waals surface area (Å²) in [7, 11) is 0. The van der Waals surface area contributed by atoms with Crippen LogP contribution in [0.1, 0.15) is 10.4 Å². The van der Waals surface area contributed by atoms with Crippen LogP contribution in [-0.2, 0) is 6.54 Å². The highest BCUT2D eigenvalue weighted by Crippen LogP contribution is 2.20. The van der Waals surface area contributed by atoms with Crippen LogP contribution in [0.2, 0.25) is 0 Å². The number of hydrogen-bond donors (Lipinski definition) is 1. The summed E-state index contributed by atoms with van der Waals surface area (Å²) in [5, 5.41) is 9.20. The van der Waals surface area contributed by atoms with E-state index in [9.17, 15) is 4.39 Å². The van der Waals surface area contributed by atoms with Crippen molar-refractivity contribution in [1.82, 2.24) is 14.8 Å².